The summed E-state index contributed by atoms with van der Waals surface area (Å²) in [6.07, 6.45) is 2.93. The monoisotopic (exact) mass is 315 g/mol. The van der Waals surface area contributed by atoms with E-state index in [4.69, 9.17) is 0 Å². The molecule has 1 saturated carbocycles. The van der Waals surface area contributed by atoms with Crippen LogP contribution in [0.1, 0.15) is 36.5 Å². The molecule has 124 valence electrons. The molecule has 5 nitrogen and oxygen atoms in total. The maximum atomic E-state index is 12.7. The number of carbonyl (C=O) groups excluding carboxylic acids is 2. The zero-order valence-electron chi connectivity index (χ0n) is 13.8. The molecule has 1 heterocycles. The van der Waals surface area contributed by atoms with Crippen LogP contribution in [0, 0.1) is 11.8 Å². The number of hydrogen-bond donors (Lipinski definition) is 2. The summed E-state index contributed by atoms with van der Waals surface area (Å²) in [4.78, 5) is 26.5. The van der Waals surface area contributed by atoms with Gasteiger partial charge in [0.15, 0.2) is 0 Å². The molecule has 23 heavy (non-hydrogen) atoms. The van der Waals surface area contributed by atoms with Crippen molar-refractivity contribution >= 4 is 17.5 Å². The fourth-order valence-corrected chi connectivity index (χ4v) is 3.22. The number of amides is 2. The van der Waals surface area contributed by atoms with Crippen LogP contribution in [0.3, 0.4) is 0 Å². The molecule has 0 radical (unpaired) electrons. The highest BCUT2D eigenvalue weighted by molar-refractivity contribution is 5.98. The Hall–Kier alpha value is -1.88. The number of nitrogens with zero attached hydrogens (tertiary/aromatic N) is 1. The van der Waals surface area contributed by atoms with Crippen molar-refractivity contribution in [3.8, 4) is 0 Å². The first kappa shape index (κ1) is 16.0. The van der Waals surface area contributed by atoms with Gasteiger partial charge >= 0.3 is 0 Å². The summed E-state index contributed by atoms with van der Waals surface area (Å²) in [7, 11) is 1.87. The number of carbonyl (C=O) groups is 2. The van der Waals surface area contributed by atoms with Gasteiger partial charge in [0.25, 0.3) is 5.91 Å². The molecule has 1 aromatic carbocycles. The molecule has 1 saturated heterocycles. The topological polar surface area (TPSA) is 61.4 Å². The molecule has 0 spiro atoms. The Bertz CT molecular complexity index is 596. The normalized spacial score (nSPS) is 24.1. The molecule has 2 unspecified atom stereocenters. The van der Waals surface area contributed by atoms with Crippen molar-refractivity contribution in [2.75, 3.05) is 25.5 Å². The lowest BCUT2D eigenvalue weighted by atomic mass is 10.0. The molecule has 2 atom stereocenters. The van der Waals surface area contributed by atoms with Crippen LogP contribution >= 0.6 is 0 Å². The van der Waals surface area contributed by atoms with E-state index in [0.717, 1.165) is 32.4 Å². The molecule has 1 aromatic rings. The fourth-order valence-electron chi connectivity index (χ4n) is 3.22. The molecule has 2 fully saturated rings. The van der Waals surface area contributed by atoms with E-state index in [9.17, 15) is 9.59 Å². The van der Waals surface area contributed by atoms with Crippen molar-refractivity contribution in [2.45, 2.75) is 32.2 Å². The number of anilines is 1. The van der Waals surface area contributed by atoms with Gasteiger partial charge in [-0.25, -0.2) is 0 Å². The van der Waals surface area contributed by atoms with Crippen LogP contribution in [-0.4, -0.2) is 42.9 Å². The summed E-state index contributed by atoms with van der Waals surface area (Å²) in [6.45, 7) is 3.99. The van der Waals surface area contributed by atoms with Crippen LogP contribution in [0.5, 0.6) is 0 Å². The third-order valence-corrected chi connectivity index (χ3v) is 5.00. The van der Waals surface area contributed by atoms with E-state index in [-0.39, 0.29) is 23.8 Å². The maximum Gasteiger partial charge on any atom is 0.253 e. The van der Waals surface area contributed by atoms with Gasteiger partial charge in [-0.05, 0) is 56.5 Å². The molecular formula is C18H25N3O2. The summed E-state index contributed by atoms with van der Waals surface area (Å²) in [5, 5.41) is 6.24. The molecule has 2 amide bonds. The Morgan fingerprint density at radius 2 is 1.96 bits per heavy atom. The molecule has 3 rings (SSSR count). The number of rotatable bonds is 4. The second-order valence-electron chi connectivity index (χ2n) is 6.79. The first-order valence-electron chi connectivity index (χ1n) is 8.45. The van der Waals surface area contributed by atoms with Gasteiger partial charge in [0.2, 0.25) is 5.91 Å². The fraction of sp³-hybridized carbons (Fsp3) is 0.556. The predicted molar refractivity (Wildman–Crippen MR) is 90.3 cm³/mol. The van der Waals surface area contributed by atoms with Gasteiger partial charge in [0.1, 0.15) is 0 Å². The molecule has 1 aliphatic carbocycles. The molecule has 2 aliphatic rings. The number of nitrogens with one attached hydrogen (secondary N) is 2. The Balaban J connectivity index is 1.66. The highest BCUT2D eigenvalue weighted by Crippen LogP contribution is 2.38. The maximum absolute atomic E-state index is 12.7. The predicted octanol–water partition coefficient (Wildman–Crippen LogP) is 2.11. The van der Waals surface area contributed by atoms with E-state index in [1.807, 2.05) is 30.1 Å². The Kier molecular flexibility index (Phi) is 4.66. The highest BCUT2D eigenvalue weighted by Gasteiger charge is 2.39. The van der Waals surface area contributed by atoms with Gasteiger partial charge < -0.3 is 15.5 Å². The van der Waals surface area contributed by atoms with Crippen LogP contribution in [0.4, 0.5) is 5.69 Å². The molecular weight excluding hydrogens is 290 g/mol. The van der Waals surface area contributed by atoms with Crippen molar-refractivity contribution in [3.05, 3.63) is 29.8 Å². The minimum Gasteiger partial charge on any atom is -0.339 e. The lowest BCUT2D eigenvalue weighted by Gasteiger charge is -2.31. The summed E-state index contributed by atoms with van der Waals surface area (Å²) in [5.74, 6) is 0.694. The zero-order valence-corrected chi connectivity index (χ0v) is 13.8. The third-order valence-electron chi connectivity index (χ3n) is 5.00. The van der Waals surface area contributed by atoms with Gasteiger partial charge in [-0.1, -0.05) is 13.0 Å². The van der Waals surface area contributed by atoms with Crippen LogP contribution in [0.15, 0.2) is 24.3 Å². The van der Waals surface area contributed by atoms with E-state index in [1.165, 1.54) is 0 Å². The van der Waals surface area contributed by atoms with Crippen molar-refractivity contribution in [1.29, 1.82) is 0 Å². The van der Waals surface area contributed by atoms with Gasteiger partial charge in [0, 0.05) is 30.3 Å². The van der Waals surface area contributed by atoms with Gasteiger partial charge in [-0.2, -0.15) is 0 Å². The van der Waals surface area contributed by atoms with Crippen molar-refractivity contribution in [3.63, 3.8) is 0 Å². The average Bonchev–Trinajstić information content (AvgIpc) is 3.31. The summed E-state index contributed by atoms with van der Waals surface area (Å²) >= 11 is 0. The standard InChI is InChI=1S/C18H25N3O2/c1-12-10-16(12)17(22)20-14-5-3-4-13(11-14)18(23)21(2)15-6-8-19-9-7-15/h3-5,11-12,15-16,19H,6-10H2,1-2H3,(H,20,22). The Morgan fingerprint density at radius 3 is 2.61 bits per heavy atom. The SMILES string of the molecule is CC1CC1C(=O)Nc1cccc(C(=O)N(C)C2CCNCC2)c1. The lowest BCUT2D eigenvalue weighted by molar-refractivity contribution is -0.117. The van der Waals surface area contributed by atoms with Gasteiger partial charge in [0.05, 0.1) is 0 Å². The average molecular weight is 315 g/mol. The summed E-state index contributed by atoms with van der Waals surface area (Å²) < 4.78 is 0. The van der Waals surface area contributed by atoms with Crippen molar-refractivity contribution in [2.24, 2.45) is 11.8 Å². The van der Waals surface area contributed by atoms with Crippen LogP contribution in [0.25, 0.3) is 0 Å². The highest BCUT2D eigenvalue weighted by atomic mass is 16.2. The zero-order chi connectivity index (χ0) is 16.4. The Morgan fingerprint density at radius 1 is 1.26 bits per heavy atom. The van der Waals surface area contributed by atoms with Crippen LogP contribution < -0.4 is 10.6 Å². The first-order valence-corrected chi connectivity index (χ1v) is 8.45. The quantitative estimate of drug-likeness (QED) is 0.894. The minimum atomic E-state index is 0.0211. The van der Waals surface area contributed by atoms with Crippen LogP contribution in [0.2, 0.25) is 0 Å². The lowest BCUT2D eigenvalue weighted by Crippen LogP contribution is -2.43. The molecule has 1 aliphatic heterocycles. The van der Waals surface area contributed by atoms with E-state index < -0.39 is 0 Å². The van der Waals surface area contributed by atoms with Crippen molar-refractivity contribution < 1.29 is 9.59 Å². The second-order valence-corrected chi connectivity index (χ2v) is 6.79. The smallest absolute Gasteiger partial charge is 0.253 e. The van der Waals surface area contributed by atoms with Gasteiger partial charge in [-0.15, -0.1) is 0 Å². The molecule has 0 aromatic heterocycles. The van der Waals surface area contributed by atoms with E-state index in [2.05, 4.69) is 17.6 Å². The van der Waals surface area contributed by atoms with Crippen LogP contribution in [-0.2, 0) is 4.79 Å². The third kappa shape index (κ3) is 3.72. The van der Waals surface area contributed by atoms with Gasteiger partial charge in [-0.3, -0.25) is 9.59 Å². The number of piperidine rings is 1. The number of hydrogen-bond acceptors (Lipinski definition) is 3. The number of benzene rings is 1. The van der Waals surface area contributed by atoms with E-state index in [1.54, 1.807) is 6.07 Å². The minimum absolute atomic E-state index is 0.0211. The van der Waals surface area contributed by atoms with E-state index in [0.29, 0.717) is 17.2 Å². The largest absolute Gasteiger partial charge is 0.339 e. The Labute approximate surface area is 137 Å². The first-order chi connectivity index (χ1) is 11.1. The molecule has 2 N–H and O–H groups in total. The van der Waals surface area contributed by atoms with E-state index >= 15 is 0 Å². The summed E-state index contributed by atoms with van der Waals surface area (Å²) in [5.41, 5.74) is 1.34. The van der Waals surface area contributed by atoms with Crippen molar-refractivity contribution in [1.82, 2.24) is 10.2 Å². The summed E-state index contributed by atoms with van der Waals surface area (Å²) in [6, 6.07) is 7.55. The molecule has 0 bridgehead atoms. The second kappa shape index (κ2) is 6.71. The molecule has 5 heteroatoms.